The predicted molar refractivity (Wildman–Crippen MR) is 155 cm³/mol. The monoisotopic (exact) mass is 540 g/mol. The number of anilines is 4. The third-order valence-electron chi connectivity index (χ3n) is 7.52. The van der Waals surface area contributed by atoms with Gasteiger partial charge in [-0.1, -0.05) is 12.6 Å². The first kappa shape index (κ1) is 25.8. The molecule has 2 aromatic carbocycles. The number of aryl methyl sites for hydroxylation is 1. The number of rotatable bonds is 8. The summed E-state index contributed by atoms with van der Waals surface area (Å²) >= 11 is 0. The van der Waals surface area contributed by atoms with Crippen molar-refractivity contribution in [1.29, 1.82) is 0 Å². The van der Waals surface area contributed by atoms with Crippen molar-refractivity contribution in [2.75, 3.05) is 62.0 Å². The van der Waals surface area contributed by atoms with Gasteiger partial charge in [0.1, 0.15) is 17.9 Å². The molecule has 2 aliphatic heterocycles. The predicted octanol–water partition coefficient (Wildman–Crippen LogP) is 3.43. The second kappa shape index (κ2) is 10.9. The summed E-state index contributed by atoms with van der Waals surface area (Å²) in [6.07, 6.45) is 4.64. The Labute approximate surface area is 232 Å². The molecule has 0 unspecified atom stereocenters. The molecule has 0 aliphatic carbocycles. The van der Waals surface area contributed by atoms with Crippen molar-refractivity contribution in [1.82, 2.24) is 24.6 Å². The highest BCUT2D eigenvalue weighted by atomic mass is 16.5. The van der Waals surface area contributed by atoms with Crippen LogP contribution < -0.4 is 20.3 Å². The van der Waals surface area contributed by atoms with E-state index in [2.05, 4.69) is 48.1 Å². The third-order valence-corrected chi connectivity index (χ3v) is 7.52. The van der Waals surface area contributed by atoms with Crippen molar-refractivity contribution in [3.63, 3.8) is 0 Å². The number of benzene rings is 2. The van der Waals surface area contributed by atoms with E-state index in [1.807, 2.05) is 48.3 Å². The minimum atomic E-state index is -0.280. The van der Waals surface area contributed by atoms with Crippen molar-refractivity contribution >= 4 is 39.7 Å². The maximum atomic E-state index is 12.4. The van der Waals surface area contributed by atoms with E-state index in [9.17, 15) is 4.79 Å². The number of amides is 1. The number of ether oxygens (including phenoxy) is 2. The van der Waals surface area contributed by atoms with E-state index in [4.69, 9.17) is 9.47 Å². The first-order valence-corrected chi connectivity index (χ1v) is 13.3. The fourth-order valence-corrected chi connectivity index (χ4v) is 5.19. The Hall–Kier alpha value is -4.48. The zero-order chi connectivity index (χ0) is 27.6. The minimum Gasteiger partial charge on any atom is -0.494 e. The van der Waals surface area contributed by atoms with Gasteiger partial charge in [-0.05, 0) is 24.3 Å². The molecular formula is C29H32N8O3. The average Bonchev–Trinajstić information content (AvgIpc) is 3.32. The Morgan fingerprint density at radius 1 is 1.10 bits per heavy atom. The summed E-state index contributed by atoms with van der Waals surface area (Å²) in [5.74, 6) is 0.954. The lowest BCUT2D eigenvalue weighted by Gasteiger charge is -2.43. The van der Waals surface area contributed by atoms with Gasteiger partial charge in [-0.2, -0.15) is 5.10 Å². The standard InChI is InChI=1S/C29H32N8O3/c1-4-29(38)34-23-12-24(27(39-3)14-26(23)37-9-7-36(8-10-37)21-16-40-17-21)33-28-13-22(30-18-31-28)19-5-6-25-20(11-19)15-32-35(25)2/h4-6,11-15,18,21H,1,7-10,16-17H2,2-3H3,(H,34,38)(H,30,31,33). The summed E-state index contributed by atoms with van der Waals surface area (Å²) in [6, 6.07) is 12.3. The van der Waals surface area contributed by atoms with E-state index in [1.165, 1.54) is 12.4 Å². The van der Waals surface area contributed by atoms with Gasteiger partial charge in [0.2, 0.25) is 5.91 Å². The number of methoxy groups -OCH3 is 1. The molecule has 2 aromatic heterocycles. The molecule has 0 atom stereocenters. The minimum absolute atomic E-state index is 0.280. The lowest BCUT2D eigenvalue weighted by molar-refractivity contribution is -0.111. The number of fused-ring (bicyclic) bond motifs is 1. The number of aromatic nitrogens is 4. The van der Waals surface area contributed by atoms with E-state index in [0.717, 1.165) is 67.2 Å². The van der Waals surface area contributed by atoms with Gasteiger partial charge in [0.05, 0.1) is 60.8 Å². The van der Waals surface area contributed by atoms with Crippen molar-refractivity contribution in [2.24, 2.45) is 7.05 Å². The summed E-state index contributed by atoms with van der Waals surface area (Å²) in [5, 5.41) is 11.7. The summed E-state index contributed by atoms with van der Waals surface area (Å²) in [4.78, 5) is 26.0. The number of hydrogen-bond donors (Lipinski definition) is 2. The smallest absolute Gasteiger partial charge is 0.247 e. The van der Waals surface area contributed by atoms with E-state index >= 15 is 0 Å². The van der Waals surface area contributed by atoms with Crippen molar-refractivity contribution < 1.29 is 14.3 Å². The van der Waals surface area contributed by atoms with Crippen LogP contribution in [0.15, 0.2) is 61.6 Å². The quantitative estimate of drug-likeness (QED) is 0.325. The van der Waals surface area contributed by atoms with Crippen molar-refractivity contribution in [3.05, 3.63) is 61.6 Å². The van der Waals surface area contributed by atoms with Gasteiger partial charge in [-0.25, -0.2) is 9.97 Å². The van der Waals surface area contributed by atoms with E-state index in [0.29, 0.717) is 29.0 Å². The van der Waals surface area contributed by atoms with Crippen LogP contribution in [0.3, 0.4) is 0 Å². The van der Waals surface area contributed by atoms with E-state index < -0.39 is 0 Å². The molecule has 4 aromatic rings. The van der Waals surface area contributed by atoms with Crippen LogP contribution in [-0.4, -0.2) is 83.1 Å². The molecule has 0 saturated carbocycles. The van der Waals surface area contributed by atoms with Gasteiger partial charge in [0.15, 0.2) is 0 Å². The first-order valence-electron chi connectivity index (χ1n) is 13.3. The first-order chi connectivity index (χ1) is 19.5. The molecule has 2 aliphatic rings. The molecule has 4 heterocycles. The van der Waals surface area contributed by atoms with Gasteiger partial charge in [0, 0.05) is 56.3 Å². The maximum absolute atomic E-state index is 12.4. The van der Waals surface area contributed by atoms with Crippen LogP contribution in [0, 0.1) is 0 Å². The van der Waals surface area contributed by atoms with Crippen LogP contribution in [-0.2, 0) is 16.6 Å². The molecule has 2 saturated heterocycles. The summed E-state index contributed by atoms with van der Waals surface area (Å²) in [6.45, 7) is 8.75. The molecule has 206 valence electrons. The largest absolute Gasteiger partial charge is 0.494 e. The van der Waals surface area contributed by atoms with Crippen molar-refractivity contribution in [3.8, 4) is 17.0 Å². The normalized spacial score (nSPS) is 16.0. The Morgan fingerprint density at radius 3 is 2.65 bits per heavy atom. The topological polar surface area (TPSA) is 110 Å². The van der Waals surface area contributed by atoms with Gasteiger partial charge >= 0.3 is 0 Å². The number of carbonyl (C=O) groups excluding carboxylic acids is 1. The number of nitrogens with one attached hydrogen (secondary N) is 2. The second-order valence-corrected chi connectivity index (χ2v) is 9.93. The zero-order valence-corrected chi connectivity index (χ0v) is 22.6. The fraction of sp³-hybridized carbons (Fsp3) is 0.310. The molecule has 0 radical (unpaired) electrons. The van der Waals surface area contributed by atoms with Crippen LogP contribution in [0.5, 0.6) is 5.75 Å². The van der Waals surface area contributed by atoms with Gasteiger partial charge < -0.3 is 25.0 Å². The number of nitrogens with zero attached hydrogens (tertiary/aromatic N) is 6. The van der Waals surface area contributed by atoms with E-state index in [-0.39, 0.29) is 5.91 Å². The molecule has 1 amide bonds. The Kier molecular flexibility index (Phi) is 7.06. The fourth-order valence-electron chi connectivity index (χ4n) is 5.19. The van der Waals surface area contributed by atoms with Crippen LogP contribution in [0.25, 0.3) is 22.2 Å². The van der Waals surface area contributed by atoms with Gasteiger partial charge in [0.25, 0.3) is 0 Å². The molecule has 11 nitrogen and oxygen atoms in total. The maximum Gasteiger partial charge on any atom is 0.247 e. The molecule has 11 heteroatoms. The average molecular weight is 541 g/mol. The summed E-state index contributed by atoms with van der Waals surface area (Å²) < 4.78 is 13.0. The molecule has 0 spiro atoms. The van der Waals surface area contributed by atoms with Crippen LogP contribution >= 0.6 is 0 Å². The molecule has 2 N–H and O–H groups in total. The van der Waals surface area contributed by atoms with Crippen LogP contribution in [0.4, 0.5) is 22.9 Å². The van der Waals surface area contributed by atoms with Crippen molar-refractivity contribution in [2.45, 2.75) is 6.04 Å². The van der Waals surface area contributed by atoms with Gasteiger partial charge in [-0.15, -0.1) is 0 Å². The lowest BCUT2D eigenvalue weighted by Crippen LogP contribution is -2.56. The Balaban J connectivity index is 1.28. The number of carbonyl (C=O) groups is 1. The Morgan fingerprint density at radius 2 is 1.93 bits per heavy atom. The van der Waals surface area contributed by atoms with E-state index in [1.54, 1.807) is 7.11 Å². The molecule has 2 fully saturated rings. The summed E-state index contributed by atoms with van der Waals surface area (Å²) in [5.41, 5.74) is 5.02. The lowest BCUT2D eigenvalue weighted by atomic mass is 10.1. The second-order valence-electron chi connectivity index (χ2n) is 9.93. The third kappa shape index (κ3) is 5.08. The van der Waals surface area contributed by atoms with Gasteiger partial charge in [-0.3, -0.25) is 14.4 Å². The molecular weight excluding hydrogens is 508 g/mol. The van der Waals surface area contributed by atoms with Crippen LogP contribution in [0.1, 0.15) is 0 Å². The highest BCUT2D eigenvalue weighted by Gasteiger charge is 2.30. The highest BCUT2D eigenvalue weighted by Crippen LogP contribution is 2.39. The Bertz CT molecular complexity index is 1560. The SMILES string of the molecule is C=CC(=O)Nc1cc(Nc2cc(-c3ccc4c(cnn4C)c3)ncn2)c(OC)cc1N1CCN(C2COC2)CC1. The molecule has 6 rings (SSSR count). The highest BCUT2D eigenvalue weighted by molar-refractivity contribution is 6.02. The van der Waals surface area contributed by atoms with Crippen LogP contribution in [0.2, 0.25) is 0 Å². The molecule has 40 heavy (non-hydrogen) atoms. The summed E-state index contributed by atoms with van der Waals surface area (Å²) in [7, 11) is 3.55. The molecule has 0 bridgehead atoms. The zero-order valence-electron chi connectivity index (χ0n) is 22.6. The number of piperazine rings is 1. The number of hydrogen-bond acceptors (Lipinski definition) is 9.